The number of hydrogen-bond acceptors (Lipinski definition) is 4. The Kier molecular flexibility index (Phi) is 3.07. The summed E-state index contributed by atoms with van der Waals surface area (Å²) >= 11 is 0. The van der Waals surface area contributed by atoms with Crippen LogP contribution in [0.1, 0.15) is 17.2 Å². The number of aliphatic hydroxyl groups excluding tert-OH is 1. The minimum absolute atomic E-state index is 0.0643. The molecule has 2 bridgehead atoms. The fraction of sp³-hybridized carbons (Fsp3) is 0.143. The first-order valence-electron chi connectivity index (χ1n) is 8.46. The molecule has 0 amide bonds. The van der Waals surface area contributed by atoms with Crippen LogP contribution in [-0.2, 0) is 10.3 Å². The summed E-state index contributed by atoms with van der Waals surface area (Å²) in [7, 11) is 0. The van der Waals surface area contributed by atoms with Crippen LogP contribution in [0.5, 0.6) is 11.8 Å². The average Bonchev–Trinajstić information content (AvgIpc) is 3.33. The summed E-state index contributed by atoms with van der Waals surface area (Å²) in [6, 6.07) is 17.4. The minimum Gasteiger partial charge on any atom is -0.494 e. The van der Waals surface area contributed by atoms with Crippen molar-refractivity contribution in [2.75, 3.05) is 6.61 Å². The third kappa shape index (κ3) is 1.81. The molecule has 2 aliphatic rings. The summed E-state index contributed by atoms with van der Waals surface area (Å²) in [6.45, 7) is -0.301. The van der Waals surface area contributed by atoms with Gasteiger partial charge >= 0.3 is 0 Å². The van der Waals surface area contributed by atoms with Crippen LogP contribution in [0, 0.1) is 0 Å². The van der Waals surface area contributed by atoms with E-state index in [1.807, 2.05) is 54.6 Å². The number of fused-ring (bicyclic) bond motifs is 5. The molecule has 0 spiro atoms. The fourth-order valence-electron chi connectivity index (χ4n) is 4.02. The number of ether oxygens (including phenoxy) is 1. The van der Waals surface area contributed by atoms with Gasteiger partial charge in [0, 0.05) is 5.56 Å². The van der Waals surface area contributed by atoms with Crippen molar-refractivity contribution in [1.82, 2.24) is 4.57 Å². The zero-order valence-corrected chi connectivity index (χ0v) is 13.8. The van der Waals surface area contributed by atoms with E-state index in [0.717, 1.165) is 11.1 Å². The Labute approximate surface area is 150 Å². The Bertz CT molecular complexity index is 1040. The molecule has 2 aliphatic heterocycles. The highest BCUT2D eigenvalue weighted by molar-refractivity contribution is 5.75. The normalized spacial score (nSPS) is 22.7. The number of benzene rings is 2. The molecule has 0 aliphatic carbocycles. The Morgan fingerprint density at radius 2 is 1.69 bits per heavy atom. The van der Waals surface area contributed by atoms with E-state index in [1.54, 1.807) is 12.2 Å². The second-order valence-electron chi connectivity index (χ2n) is 6.60. The van der Waals surface area contributed by atoms with Gasteiger partial charge in [0.05, 0.1) is 23.4 Å². The summed E-state index contributed by atoms with van der Waals surface area (Å²) < 4.78 is 7.22. The Morgan fingerprint density at radius 1 is 0.962 bits per heavy atom. The number of aliphatic hydroxyl groups is 1. The van der Waals surface area contributed by atoms with Crippen molar-refractivity contribution in [3.8, 4) is 28.6 Å². The molecule has 3 heterocycles. The van der Waals surface area contributed by atoms with Gasteiger partial charge in [-0.2, -0.15) is 0 Å². The van der Waals surface area contributed by atoms with E-state index in [-0.39, 0.29) is 18.4 Å². The van der Waals surface area contributed by atoms with E-state index in [1.165, 1.54) is 4.57 Å². The van der Waals surface area contributed by atoms with Crippen molar-refractivity contribution >= 4 is 0 Å². The minimum atomic E-state index is -1.09. The van der Waals surface area contributed by atoms with Crippen molar-refractivity contribution in [3.05, 3.63) is 77.9 Å². The maximum absolute atomic E-state index is 11.0. The number of hydrogen-bond donors (Lipinski definition) is 3. The van der Waals surface area contributed by atoms with E-state index in [9.17, 15) is 15.3 Å². The molecule has 130 valence electrons. The molecular weight excluding hydrogens is 330 g/mol. The highest BCUT2D eigenvalue weighted by Crippen LogP contribution is 2.58. The molecule has 0 saturated heterocycles. The van der Waals surface area contributed by atoms with Gasteiger partial charge in [-0.05, 0) is 17.7 Å². The highest BCUT2D eigenvalue weighted by Gasteiger charge is 2.52. The second kappa shape index (κ2) is 5.24. The van der Waals surface area contributed by atoms with E-state index in [0.29, 0.717) is 16.8 Å². The molecular formula is C21H17NO4. The maximum Gasteiger partial charge on any atom is 0.205 e. The van der Waals surface area contributed by atoms with E-state index >= 15 is 0 Å². The number of para-hydroxylation sites is 1. The van der Waals surface area contributed by atoms with E-state index < -0.39 is 11.7 Å². The number of rotatable bonds is 3. The molecule has 3 aromatic rings. The summed E-state index contributed by atoms with van der Waals surface area (Å²) in [5, 5.41) is 31.7. The Balaban J connectivity index is 1.77. The lowest BCUT2D eigenvalue weighted by atomic mass is 9.90. The van der Waals surface area contributed by atoms with Crippen molar-refractivity contribution in [2.45, 2.75) is 11.7 Å². The topological polar surface area (TPSA) is 74.8 Å². The Hall–Kier alpha value is -3.02. The smallest absolute Gasteiger partial charge is 0.205 e. The predicted octanol–water partition coefficient (Wildman–Crippen LogP) is 3.38. The monoisotopic (exact) mass is 347 g/mol. The molecule has 0 fully saturated rings. The zero-order valence-electron chi connectivity index (χ0n) is 13.8. The summed E-state index contributed by atoms with van der Waals surface area (Å²) in [6.07, 6.45) is 3.07. The van der Waals surface area contributed by atoms with Crippen LogP contribution in [0.2, 0.25) is 0 Å². The molecule has 2 aromatic carbocycles. The van der Waals surface area contributed by atoms with Gasteiger partial charge < -0.3 is 20.1 Å². The van der Waals surface area contributed by atoms with Gasteiger partial charge in [0.15, 0.2) is 0 Å². The SMILES string of the molecule is OCC12C=CC(O1)c1c2c(O)n(-c2ccccc2-c2ccccc2)c1O. The molecule has 2 unspecified atom stereocenters. The molecule has 5 heteroatoms. The van der Waals surface area contributed by atoms with Crippen LogP contribution in [0.15, 0.2) is 66.7 Å². The second-order valence-corrected chi connectivity index (χ2v) is 6.60. The third-order valence-electron chi connectivity index (χ3n) is 5.21. The lowest BCUT2D eigenvalue weighted by Gasteiger charge is -2.21. The quantitative estimate of drug-likeness (QED) is 0.635. The van der Waals surface area contributed by atoms with Crippen LogP contribution in [0.25, 0.3) is 16.8 Å². The van der Waals surface area contributed by atoms with Crippen LogP contribution in [-0.4, -0.2) is 26.5 Å². The zero-order chi connectivity index (χ0) is 17.9. The molecule has 0 radical (unpaired) electrons. The van der Waals surface area contributed by atoms with Gasteiger partial charge in [-0.3, -0.25) is 4.57 Å². The maximum atomic E-state index is 11.0. The largest absolute Gasteiger partial charge is 0.494 e. The standard InChI is InChI=1S/C21H17NO4/c23-12-21-11-10-16(26-21)17-18(21)20(25)22(19(17)24)15-9-5-4-8-14(15)13-6-2-1-3-7-13/h1-11,16,23-25H,12H2. The van der Waals surface area contributed by atoms with Crippen LogP contribution in [0.3, 0.4) is 0 Å². The summed E-state index contributed by atoms with van der Waals surface area (Å²) in [5.41, 5.74) is 2.39. The van der Waals surface area contributed by atoms with Gasteiger partial charge in [-0.15, -0.1) is 0 Å². The van der Waals surface area contributed by atoms with Crippen molar-refractivity contribution in [2.24, 2.45) is 0 Å². The van der Waals surface area contributed by atoms with Crippen molar-refractivity contribution < 1.29 is 20.1 Å². The first-order chi connectivity index (χ1) is 12.7. The fourth-order valence-corrected chi connectivity index (χ4v) is 4.02. The van der Waals surface area contributed by atoms with Crippen molar-refractivity contribution in [1.29, 1.82) is 0 Å². The molecule has 1 aromatic heterocycles. The molecule has 5 nitrogen and oxygen atoms in total. The Morgan fingerprint density at radius 3 is 2.46 bits per heavy atom. The lowest BCUT2D eigenvalue weighted by molar-refractivity contribution is -0.0414. The molecule has 3 N–H and O–H groups in total. The number of aromatic nitrogens is 1. The van der Waals surface area contributed by atoms with Gasteiger partial charge in [0.2, 0.25) is 11.8 Å². The summed E-state index contributed by atoms with van der Waals surface area (Å²) in [4.78, 5) is 0. The number of nitrogens with zero attached hydrogens (tertiary/aromatic N) is 1. The predicted molar refractivity (Wildman–Crippen MR) is 96.3 cm³/mol. The van der Waals surface area contributed by atoms with Gasteiger partial charge in [-0.1, -0.05) is 54.6 Å². The van der Waals surface area contributed by atoms with Crippen LogP contribution < -0.4 is 0 Å². The van der Waals surface area contributed by atoms with Crippen LogP contribution in [0.4, 0.5) is 0 Å². The molecule has 5 rings (SSSR count). The van der Waals surface area contributed by atoms with Gasteiger partial charge in [0.1, 0.15) is 11.7 Å². The van der Waals surface area contributed by atoms with E-state index in [2.05, 4.69) is 0 Å². The van der Waals surface area contributed by atoms with Crippen LogP contribution >= 0.6 is 0 Å². The third-order valence-corrected chi connectivity index (χ3v) is 5.21. The van der Waals surface area contributed by atoms with Gasteiger partial charge in [0.25, 0.3) is 0 Å². The van der Waals surface area contributed by atoms with E-state index in [4.69, 9.17) is 4.74 Å². The molecule has 0 saturated carbocycles. The first kappa shape index (κ1) is 15.3. The molecule has 26 heavy (non-hydrogen) atoms. The van der Waals surface area contributed by atoms with Gasteiger partial charge in [-0.25, -0.2) is 0 Å². The first-order valence-corrected chi connectivity index (χ1v) is 8.46. The summed E-state index contributed by atoms with van der Waals surface area (Å²) in [5.74, 6) is -0.174. The lowest BCUT2D eigenvalue weighted by Crippen LogP contribution is -2.25. The van der Waals surface area contributed by atoms with Crippen molar-refractivity contribution in [3.63, 3.8) is 0 Å². The average molecular weight is 347 g/mol. The highest BCUT2D eigenvalue weighted by atomic mass is 16.5. The molecule has 2 atom stereocenters. The number of aromatic hydroxyl groups is 2.